The third kappa shape index (κ3) is 21.2. The molecule has 1 aliphatic carbocycles. The number of pyridine rings is 5. The number of allylic oxidation sites excluding steroid dienone is 5. The van der Waals surface area contributed by atoms with E-state index in [0.717, 1.165) is 171 Å². The summed E-state index contributed by atoms with van der Waals surface area (Å²) >= 11 is 0. The van der Waals surface area contributed by atoms with Gasteiger partial charge in [0, 0.05) is 139 Å². The van der Waals surface area contributed by atoms with Crippen molar-refractivity contribution >= 4 is 114 Å². The number of carbonyl (C=O) groups is 5. The summed E-state index contributed by atoms with van der Waals surface area (Å²) in [6, 6.07) is 58.9. The minimum Gasteiger partial charge on any atom is -0.491 e. The predicted molar refractivity (Wildman–Crippen MR) is 457 cm³/mol. The molecular formula is C95H86N12O7. The lowest BCUT2D eigenvalue weighted by molar-refractivity contribution is -0.113. The van der Waals surface area contributed by atoms with Gasteiger partial charge in [0.05, 0.1) is 16.9 Å². The Labute approximate surface area is 660 Å². The standard InChI is InChI=1S/C21H22N2O3.C19H17N3O.C19H18N2O.C18H13N3O.C18H16N2O/c1-14(24)4-5-16-11-22-20-19(16)10-17(12-23-20)15-6-8-18(9-7-15)26-13-21(2,3)25;23-19(14-8-4-5-9-14)22-17-12-21-18-16(17)10-15(11-20-18)13-6-2-1-3-7-13;1-3-14-5-8-15(9-6-14)17-10-18-16(7-4-13(2)22)11-20-19(18)21-12-17;1-12(22)14(9-19)7-16-11-21-18-17(16)8-15(10-20-18)13-5-3-2-4-6-13;1-13(21)7-8-16-12-20-18-17(16)10-15(11-19-18)9-14-5-3-2-4-6-14/h4-12,25H,13H2,1-3H3,(H,22,23);1-3,6-8,10-12H,4-5,9H2,(H,20,21)(H,22,23);4-12H,3H2,1-2H3,(H,20,21);2-8,10-11H,1H3,(H,20,21);2-8,10-12H,9H2,1H3,(H,19,20)/b5-4+;;7-4+;14-7+;8-7+. The van der Waals surface area contributed by atoms with E-state index in [1.807, 2.05) is 171 Å². The summed E-state index contributed by atoms with van der Waals surface area (Å²) in [5, 5.41) is 26.6. The zero-order chi connectivity index (χ0) is 80.1. The van der Waals surface area contributed by atoms with E-state index in [1.54, 1.807) is 76.7 Å². The van der Waals surface area contributed by atoms with Crippen LogP contribution in [0.25, 0.3) is 124 Å². The van der Waals surface area contributed by atoms with Crippen LogP contribution in [0.5, 0.6) is 5.75 Å². The van der Waals surface area contributed by atoms with E-state index >= 15 is 0 Å². The normalized spacial score (nSPS) is 12.0. The number of aromatic amines is 5. The summed E-state index contributed by atoms with van der Waals surface area (Å²) in [7, 11) is 0. The molecule has 0 saturated heterocycles. The van der Waals surface area contributed by atoms with Gasteiger partial charge in [-0.3, -0.25) is 24.0 Å². The monoisotopic (exact) mass is 1510 g/mol. The van der Waals surface area contributed by atoms with Gasteiger partial charge in [0.15, 0.2) is 23.1 Å². The number of benzene rings is 5. The first kappa shape index (κ1) is 79.2. The van der Waals surface area contributed by atoms with Gasteiger partial charge in [-0.1, -0.05) is 140 Å². The summed E-state index contributed by atoms with van der Waals surface area (Å²) in [5.74, 6) is 0.533. The summed E-state index contributed by atoms with van der Waals surface area (Å²) in [6.07, 6.45) is 37.0. The van der Waals surface area contributed by atoms with E-state index in [0.29, 0.717) is 5.75 Å². The Bertz CT molecular complexity index is 6140. The average molecular weight is 1510 g/mol. The van der Waals surface area contributed by atoms with Gasteiger partial charge < -0.3 is 40.1 Å². The van der Waals surface area contributed by atoms with Crippen LogP contribution in [0.4, 0.5) is 5.69 Å². The van der Waals surface area contributed by atoms with Gasteiger partial charge in [-0.05, 0) is 198 Å². The molecule has 19 nitrogen and oxygen atoms in total. The number of rotatable bonds is 20. The third-order valence-corrected chi connectivity index (χ3v) is 18.7. The van der Waals surface area contributed by atoms with E-state index in [2.05, 4.69) is 129 Å². The molecule has 0 unspecified atom stereocenters. The molecule has 568 valence electrons. The van der Waals surface area contributed by atoms with Gasteiger partial charge in [0.25, 0.3) is 5.91 Å². The number of Topliss-reactive ketones (excluding diaryl/α,β-unsaturated/α-hetero) is 1. The summed E-state index contributed by atoms with van der Waals surface area (Å²) in [4.78, 5) is 94.9. The fourth-order valence-electron chi connectivity index (χ4n) is 12.6. The Balaban J connectivity index is 0.000000132. The van der Waals surface area contributed by atoms with Gasteiger partial charge in [-0.15, -0.1) is 0 Å². The van der Waals surface area contributed by atoms with Crippen LogP contribution in [0.3, 0.4) is 0 Å². The van der Waals surface area contributed by atoms with E-state index in [1.165, 1.54) is 25.0 Å². The van der Waals surface area contributed by atoms with Crippen LogP contribution < -0.4 is 10.1 Å². The minimum atomic E-state index is -0.869. The van der Waals surface area contributed by atoms with Crippen molar-refractivity contribution in [3.63, 3.8) is 0 Å². The largest absolute Gasteiger partial charge is 0.491 e. The maximum absolute atomic E-state index is 12.3. The van der Waals surface area contributed by atoms with Gasteiger partial charge >= 0.3 is 0 Å². The molecule has 1 amide bonds. The molecule has 10 aromatic heterocycles. The molecule has 7 N–H and O–H groups in total. The number of nitriles is 1. The SMILES string of the molecule is CC(=O)/C(C#N)=C/c1c[nH]c2ncc(-c3ccccc3)cc12.CC(=O)/C=C/c1c[nH]c2ncc(-c3ccc(OCC(C)(C)O)cc3)cc12.CC(=O)/C=C/c1c[nH]c2ncc(Cc3ccccc3)cc12.CCc1ccc(-c2cnc3[nH]cc(/C=C/C(C)=O)c3c2)cc1.O=C(Nc1c[nH]c2ncc(-c3ccccc3)cc12)C1=CCCC1. The molecule has 19 heteroatoms. The van der Waals surface area contributed by atoms with Crippen molar-refractivity contribution < 1.29 is 33.8 Å². The van der Waals surface area contributed by atoms with Gasteiger partial charge in [-0.25, -0.2) is 24.9 Å². The van der Waals surface area contributed by atoms with E-state index in [-0.39, 0.29) is 41.2 Å². The lowest BCUT2D eigenvalue weighted by Gasteiger charge is -2.17. The van der Waals surface area contributed by atoms with Gasteiger partial charge in [-0.2, -0.15) is 5.26 Å². The lowest BCUT2D eigenvalue weighted by atomic mass is 10.0. The van der Waals surface area contributed by atoms with Crippen LogP contribution in [0.1, 0.15) is 107 Å². The second kappa shape index (κ2) is 37.4. The Morgan fingerprint density at radius 2 is 0.886 bits per heavy atom. The Morgan fingerprint density at radius 3 is 1.32 bits per heavy atom. The van der Waals surface area contributed by atoms with E-state index < -0.39 is 5.60 Å². The number of aromatic nitrogens is 10. The lowest BCUT2D eigenvalue weighted by Crippen LogP contribution is -2.27. The fourth-order valence-corrected chi connectivity index (χ4v) is 12.6. The van der Waals surface area contributed by atoms with Crippen LogP contribution in [0, 0.1) is 11.3 Å². The average Bonchev–Trinajstić information content (AvgIpc) is 1.66. The molecular weight excluding hydrogens is 1420 g/mol. The van der Waals surface area contributed by atoms with Crippen molar-refractivity contribution in [2.75, 3.05) is 11.9 Å². The van der Waals surface area contributed by atoms with Crippen LogP contribution in [0.15, 0.2) is 267 Å². The number of amides is 1. The molecule has 0 aliphatic heterocycles. The molecule has 0 bridgehead atoms. The maximum atomic E-state index is 12.3. The highest BCUT2D eigenvalue weighted by atomic mass is 16.5. The van der Waals surface area contributed by atoms with Crippen LogP contribution in [-0.2, 0) is 36.8 Å². The Kier molecular flexibility index (Phi) is 26.0. The minimum absolute atomic E-state index is 0.00473. The summed E-state index contributed by atoms with van der Waals surface area (Å²) < 4.78 is 5.58. The van der Waals surface area contributed by atoms with Crippen LogP contribution >= 0.6 is 0 Å². The van der Waals surface area contributed by atoms with Gasteiger partial charge in [0.2, 0.25) is 0 Å². The molecule has 0 atom stereocenters. The Morgan fingerprint density at radius 1 is 0.482 bits per heavy atom. The number of fused-ring (bicyclic) bond motifs is 5. The molecule has 0 saturated carbocycles. The topological polar surface area (TPSA) is 294 Å². The number of aryl methyl sites for hydroxylation is 1. The summed E-state index contributed by atoms with van der Waals surface area (Å²) in [6.45, 7) is 11.8. The third-order valence-electron chi connectivity index (χ3n) is 18.7. The number of nitrogens with zero attached hydrogens (tertiary/aromatic N) is 6. The highest BCUT2D eigenvalue weighted by Gasteiger charge is 2.18. The first-order valence-corrected chi connectivity index (χ1v) is 37.4. The molecule has 0 radical (unpaired) electrons. The number of hydrogen-bond donors (Lipinski definition) is 7. The fraction of sp³-hybridized carbons (Fsp3) is 0.147. The zero-order valence-corrected chi connectivity index (χ0v) is 64.4. The van der Waals surface area contributed by atoms with Crippen molar-refractivity contribution in [1.29, 1.82) is 5.26 Å². The number of anilines is 1. The number of H-pyrrole nitrogens is 5. The van der Waals surface area contributed by atoms with Crippen molar-refractivity contribution in [2.45, 2.75) is 86.2 Å². The Hall–Kier alpha value is -14.4. The molecule has 16 rings (SSSR count). The van der Waals surface area contributed by atoms with Crippen molar-refractivity contribution in [3.05, 3.63) is 306 Å². The molecule has 5 aromatic carbocycles. The first-order valence-electron chi connectivity index (χ1n) is 37.4. The highest BCUT2D eigenvalue weighted by Crippen LogP contribution is 2.33. The van der Waals surface area contributed by atoms with E-state index in [4.69, 9.17) is 10.00 Å². The highest BCUT2D eigenvalue weighted by molar-refractivity contribution is 6.09. The molecule has 114 heavy (non-hydrogen) atoms. The van der Waals surface area contributed by atoms with Crippen molar-refractivity contribution in [2.24, 2.45) is 0 Å². The predicted octanol–water partition coefficient (Wildman–Crippen LogP) is 20.1. The number of aliphatic hydroxyl groups is 1. The second-order valence-corrected chi connectivity index (χ2v) is 28.1. The zero-order valence-electron chi connectivity index (χ0n) is 64.4. The maximum Gasteiger partial charge on any atom is 0.251 e. The quantitative estimate of drug-likeness (QED) is 0.0276. The molecule has 0 spiro atoms. The molecule has 0 fully saturated rings. The molecule has 10 heterocycles. The first-order chi connectivity index (χ1) is 55.2. The number of nitrogens with one attached hydrogen (secondary N) is 6. The van der Waals surface area contributed by atoms with Gasteiger partial charge in [0.1, 0.15) is 46.7 Å². The molecule has 1 aliphatic rings. The van der Waals surface area contributed by atoms with E-state index in [9.17, 15) is 29.1 Å². The number of ether oxygens (including phenoxy) is 1. The van der Waals surface area contributed by atoms with Crippen molar-refractivity contribution in [3.8, 4) is 56.3 Å². The smallest absolute Gasteiger partial charge is 0.251 e. The number of hydrogen-bond acceptors (Lipinski definition) is 13. The van der Waals surface area contributed by atoms with Crippen LogP contribution in [-0.4, -0.2) is 96.2 Å². The van der Waals surface area contributed by atoms with Crippen molar-refractivity contribution in [1.82, 2.24) is 49.8 Å². The molecule has 15 aromatic rings. The number of ketones is 4. The van der Waals surface area contributed by atoms with Crippen LogP contribution in [0.2, 0.25) is 0 Å². The second-order valence-electron chi connectivity index (χ2n) is 28.1. The number of carbonyl (C=O) groups excluding carboxylic acids is 5. The summed E-state index contributed by atoms with van der Waals surface area (Å²) in [5.41, 5.74) is 20.7.